The highest BCUT2D eigenvalue weighted by Crippen LogP contribution is 2.33. The Morgan fingerprint density at radius 2 is 1.86 bits per heavy atom. The van der Waals surface area contributed by atoms with E-state index in [9.17, 15) is 19.8 Å². The molecule has 2 heterocycles. The molecule has 1 aliphatic rings. The van der Waals surface area contributed by atoms with E-state index in [1.54, 1.807) is 32.1 Å². The molecule has 208 valence electrons. The molecule has 0 aromatic carbocycles. The first-order valence-corrected chi connectivity index (χ1v) is 14.5. The smallest absolute Gasteiger partial charge is 0.309 e. The van der Waals surface area contributed by atoms with Crippen LogP contribution < -0.4 is 0 Å². The van der Waals surface area contributed by atoms with E-state index < -0.39 is 35.6 Å². The number of Topliss-reactive ketones (excluding diaryl/α,β-unsaturated/α-hetero) is 1. The van der Waals surface area contributed by atoms with E-state index in [4.69, 9.17) is 4.74 Å². The fourth-order valence-corrected chi connectivity index (χ4v) is 5.72. The van der Waals surface area contributed by atoms with Crippen LogP contribution in [-0.2, 0) is 14.3 Å². The number of aryl methyl sites for hydroxylation is 1. The fraction of sp³-hybridized carbons (Fsp3) is 0.700. The maximum Gasteiger partial charge on any atom is 0.309 e. The molecule has 6 atom stereocenters. The third-order valence-electron chi connectivity index (χ3n) is 7.85. The van der Waals surface area contributed by atoms with Crippen LogP contribution in [0.1, 0.15) is 97.7 Å². The molecule has 2 rings (SSSR count). The van der Waals surface area contributed by atoms with Crippen LogP contribution in [0.5, 0.6) is 0 Å². The molecule has 0 bridgehead atoms. The second-order valence-electron chi connectivity index (χ2n) is 11.7. The molecule has 0 saturated carbocycles. The highest BCUT2D eigenvalue weighted by molar-refractivity contribution is 7.09. The fourth-order valence-electron chi connectivity index (χ4n) is 5.15. The van der Waals surface area contributed by atoms with Crippen LogP contribution >= 0.6 is 11.3 Å². The summed E-state index contributed by atoms with van der Waals surface area (Å²) in [6.45, 7) is 15.2. The first kappa shape index (κ1) is 31.4. The van der Waals surface area contributed by atoms with Crippen molar-refractivity contribution >= 4 is 29.2 Å². The summed E-state index contributed by atoms with van der Waals surface area (Å²) >= 11 is 1.57. The van der Waals surface area contributed by atoms with Gasteiger partial charge in [0.05, 0.1) is 34.7 Å². The van der Waals surface area contributed by atoms with Crippen molar-refractivity contribution in [3.63, 3.8) is 0 Å². The van der Waals surface area contributed by atoms with Gasteiger partial charge in [0.1, 0.15) is 11.9 Å². The van der Waals surface area contributed by atoms with Crippen molar-refractivity contribution in [3.05, 3.63) is 33.3 Å². The highest BCUT2D eigenvalue weighted by Gasteiger charge is 2.42. The normalized spacial score (nSPS) is 33.1. The molecule has 0 radical (unpaired) electrons. The molecule has 1 unspecified atom stereocenters. The van der Waals surface area contributed by atoms with Crippen LogP contribution in [0, 0.1) is 30.1 Å². The molecule has 7 heteroatoms. The number of aromatic nitrogens is 1. The Kier molecular flexibility index (Phi) is 11.7. The minimum Gasteiger partial charge on any atom is -0.457 e. The average molecular weight is 534 g/mol. The molecule has 0 spiro atoms. The lowest BCUT2D eigenvalue weighted by molar-refractivity contribution is -0.154. The van der Waals surface area contributed by atoms with E-state index in [2.05, 4.69) is 24.9 Å². The molecule has 0 fully saturated rings. The Labute approximate surface area is 227 Å². The number of thiazole rings is 1. The molecular weight excluding hydrogens is 486 g/mol. The lowest BCUT2D eigenvalue weighted by atomic mass is 9.72. The molecule has 6 nitrogen and oxygen atoms in total. The monoisotopic (exact) mass is 533 g/mol. The van der Waals surface area contributed by atoms with Crippen LogP contribution in [-0.4, -0.2) is 45.3 Å². The molecule has 1 aromatic rings. The van der Waals surface area contributed by atoms with Crippen molar-refractivity contribution in [3.8, 4) is 0 Å². The van der Waals surface area contributed by atoms with Gasteiger partial charge in [-0.25, -0.2) is 4.98 Å². The van der Waals surface area contributed by atoms with Gasteiger partial charge in [0.25, 0.3) is 0 Å². The highest BCUT2D eigenvalue weighted by atomic mass is 32.1. The van der Waals surface area contributed by atoms with Gasteiger partial charge in [0.2, 0.25) is 0 Å². The maximum atomic E-state index is 13.3. The predicted octanol–water partition coefficient (Wildman–Crippen LogP) is 6.29. The molecule has 2 N–H and O–H groups in total. The Balaban J connectivity index is 2.33. The van der Waals surface area contributed by atoms with Gasteiger partial charge in [-0.2, -0.15) is 0 Å². The van der Waals surface area contributed by atoms with E-state index in [0.29, 0.717) is 12.3 Å². The number of ketones is 1. The Bertz CT molecular complexity index is 978. The van der Waals surface area contributed by atoms with Crippen LogP contribution in [0.4, 0.5) is 0 Å². The molecule has 0 saturated heterocycles. The van der Waals surface area contributed by atoms with Crippen molar-refractivity contribution in [2.75, 3.05) is 0 Å². The van der Waals surface area contributed by atoms with Crippen LogP contribution in [0.25, 0.3) is 6.08 Å². The van der Waals surface area contributed by atoms with Gasteiger partial charge in [0.15, 0.2) is 0 Å². The van der Waals surface area contributed by atoms with E-state index in [1.807, 2.05) is 32.2 Å². The van der Waals surface area contributed by atoms with E-state index in [1.165, 1.54) is 5.57 Å². The number of aliphatic hydroxyl groups is 2. The Morgan fingerprint density at radius 1 is 1.19 bits per heavy atom. The average Bonchev–Trinajstić information content (AvgIpc) is 3.23. The summed E-state index contributed by atoms with van der Waals surface area (Å²) in [5.41, 5.74) is 1.76. The summed E-state index contributed by atoms with van der Waals surface area (Å²) < 4.78 is 5.87. The van der Waals surface area contributed by atoms with E-state index in [-0.39, 0.29) is 18.1 Å². The first-order chi connectivity index (χ1) is 17.2. The van der Waals surface area contributed by atoms with Gasteiger partial charge in [0, 0.05) is 17.7 Å². The zero-order valence-corrected chi connectivity index (χ0v) is 24.7. The number of allylic oxidation sites excluding steroid dienone is 1. The molecular formula is C30H47NO5S. The number of nitrogens with zero attached hydrogens (tertiary/aromatic N) is 1. The number of hydrogen-bond donors (Lipinski definition) is 2. The predicted molar refractivity (Wildman–Crippen MR) is 150 cm³/mol. The lowest BCUT2D eigenvalue weighted by Crippen LogP contribution is -2.45. The Hall–Kier alpha value is -1.83. The SMILES string of the molecule is C/C1=C/C[C@@H](/C(C)=C/c2csc(C)n2)OC(=O)C[C@H](O)C(C)(C)C(=O)[C@H](C)[C@@H](O)[C@@H](C)CC(C)CCC1. The van der Waals surface area contributed by atoms with Gasteiger partial charge in [-0.3, -0.25) is 9.59 Å². The summed E-state index contributed by atoms with van der Waals surface area (Å²) in [6, 6.07) is 0. The van der Waals surface area contributed by atoms with Crippen molar-refractivity contribution in [1.82, 2.24) is 4.98 Å². The van der Waals surface area contributed by atoms with Crippen LogP contribution in [0.2, 0.25) is 0 Å². The molecule has 0 aliphatic carbocycles. The molecule has 0 amide bonds. The van der Waals surface area contributed by atoms with Crippen molar-refractivity contribution in [1.29, 1.82) is 0 Å². The topological polar surface area (TPSA) is 96.7 Å². The summed E-state index contributed by atoms with van der Waals surface area (Å²) in [4.78, 5) is 30.8. The van der Waals surface area contributed by atoms with E-state index >= 15 is 0 Å². The van der Waals surface area contributed by atoms with Crippen molar-refractivity contribution < 1.29 is 24.5 Å². The van der Waals surface area contributed by atoms with Crippen LogP contribution in [0.15, 0.2) is 22.6 Å². The van der Waals surface area contributed by atoms with Crippen molar-refractivity contribution in [2.24, 2.45) is 23.2 Å². The van der Waals surface area contributed by atoms with Gasteiger partial charge >= 0.3 is 5.97 Å². The molecule has 1 aliphatic heterocycles. The van der Waals surface area contributed by atoms with Crippen LogP contribution in [0.3, 0.4) is 0 Å². The van der Waals surface area contributed by atoms with Crippen molar-refractivity contribution in [2.45, 2.75) is 112 Å². The van der Waals surface area contributed by atoms with Gasteiger partial charge in [-0.15, -0.1) is 11.3 Å². The number of ether oxygens (including phenoxy) is 1. The minimum atomic E-state index is -1.22. The molecule has 37 heavy (non-hydrogen) atoms. The number of cyclic esters (lactones) is 1. The zero-order chi connectivity index (χ0) is 27.9. The summed E-state index contributed by atoms with van der Waals surface area (Å²) in [6.07, 6.45) is 5.66. The number of aliphatic hydroxyl groups excluding tert-OH is 2. The number of esters is 1. The standard InChI is InChI=1S/C30H47NO5S/c1-18-10-9-11-19(2)14-21(4)28(34)22(5)29(35)30(7,8)26(32)16-27(33)36-25(13-12-18)20(3)15-24-17-37-23(6)31-24/h12,15,17,19,21-22,25-26,28,32,34H,9-11,13-14,16H2,1-8H3/b18-12-,20-15+/t19?,21-,22+,25-,26-,28-/m0/s1. The quantitative estimate of drug-likeness (QED) is 0.342. The number of hydrogen-bond acceptors (Lipinski definition) is 7. The largest absolute Gasteiger partial charge is 0.457 e. The number of rotatable bonds is 2. The van der Waals surface area contributed by atoms with Gasteiger partial charge in [-0.05, 0) is 63.5 Å². The zero-order valence-electron chi connectivity index (χ0n) is 23.9. The lowest BCUT2D eigenvalue weighted by Gasteiger charge is -2.35. The minimum absolute atomic E-state index is 0.0422. The second-order valence-corrected chi connectivity index (χ2v) is 12.8. The first-order valence-electron chi connectivity index (χ1n) is 13.6. The number of carbonyl (C=O) groups excluding carboxylic acids is 2. The summed E-state index contributed by atoms with van der Waals surface area (Å²) in [7, 11) is 0. The van der Waals surface area contributed by atoms with Gasteiger partial charge < -0.3 is 14.9 Å². The third-order valence-corrected chi connectivity index (χ3v) is 8.65. The van der Waals surface area contributed by atoms with E-state index in [0.717, 1.165) is 42.0 Å². The summed E-state index contributed by atoms with van der Waals surface area (Å²) in [5.74, 6) is -1.06. The number of carbonyl (C=O) groups is 2. The second kappa shape index (κ2) is 13.8. The Morgan fingerprint density at radius 3 is 2.49 bits per heavy atom. The summed E-state index contributed by atoms with van der Waals surface area (Å²) in [5, 5.41) is 24.8. The third kappa shape index (κ3) is 9.15. The molecule has 1 aromatic heterocycles. The maximum absolute atomic E-state index is 13.3. The van der Waals surface area contributed by atoms with Gasteiger partial charge in [-0.1, -0.05) is 52.7 Å².